The SMILES string of the molecule is Cc1ccc(C(C)(O)CCCc2ccccc2)cc1. The van der Waals surface area contributed by atoms with E-state index in [2.05, 4.69) is 43.3 Å². The van der Waals surface area contributed by atoms with Gasteiger partial charge in [0.05, 0.1) is 5.60 Å². The lowest BCUT2D eigenvalue weighted by atomic mass is 9.89. The Morgan fingerprint density at radius 2 is 1.58 bits per heavy atom. The van der Waals surface area contributed by atoms with Gasteiger partial charge in [0.1, 0.15) is 0 Å². The molecule has 0 saturated carbocycles. The molecule has 1 unspecified atom stereocenters. The predicted octanol–water partition coefficient (Wildman–Crippen LogP) is 4.23. The summed E-state index contributed by atoms with van der Waals surface area (Å²) in [5.74, 6) is 0. The van der Waals surface area contributed by atoms with Gasteiger partial charge in [-0.25, -0.2) is 0 Å². The van der Waals surface area contributed by atoms with Crippen LogP contribution >= 0.6 is 0 Å². The fourth-order valence-electron chi connectivity index (χ4n) is 2.34. The molecule has 0 spiro atoms. The van der Waals surface area contributed by atoms with E-state index in [0.717, 1.165) is 24.8 Å². The zero-order chi connectivity index (χ0) is 13.7. The Hall–Kier alpha value is -1.60. The van der Waals surface area contributed by atoms with E-state index >= 15 is 0 Å². The van der Waals surface area contributed by atoms with Crippen LogP contribution in [0.25, 0.3) is 0 Å². The molecule has 1 heteroatoms. The first-order valence-corrected chi connectivity index (χ1v) is 6.91. The molecule has 2 aromatic rings. The fourth-order valence-corrected chi connectivity index (χ4v) is 2.34. The van der Waals surface area contributed by atoms with E-state index in [-0.39, 0.29) is 0 Å². The summed E-state index contributed by atoms with van der Waals surface area (Å²) in [6, 6.07) is 18.6. The molecule has 1 N–H and O–H groups in total. The van der Waals surface area contributed by atoms with E-state index in [1.165, 1.54) is 11.1 Å². The molecular weight excluding hydrogens is 232 g/mol. The minimum Gasteiger partial charge on any atom is -0.385 e. The quantitative estimate of drug-likeness (QED) is 0.846. The highest BCUT2D eigenvalue weighted by Crippen LogP contribution is 2.26. The Kier molecular flexibility index (Phi) is 4.39. The van der Waals surface area contributed by atoms with Crippen LogP contribution in [0.5, 0.6) is 0 Å². The monoisotopic (exact) mass is 254 g/mol. The van der Waals surface area contributed by atoms with Crippen LogP contribution in [0.15, 0.2) is 54.6 Å². The molecule has 0 fully saturated rings. The summed E-state index contributed by atoms with van der Waals surface area (Å²) in [5, 5.41) is 10.6. The number of aliphatic hydroxyl groups is 1. The summed E-state index contributed by atoms with van der Waals surface area (Å²) < 4.78 is 0. The van der Waals surface area contributed by atoms with Gasteiger partial charge in [-0.15, -0.1) is 0 Å². The third kappa shape index (κ3) is 3.93. The number of hydrogen-bond acceptors (Lipinski definition) is 1. The first-order chi connectivity index (χ1) is 9.08. The van der Waals surface area contributed by atoms with Crippen LogP contribution < -0.4 is 0 Å². The molecular formula is C18H22O. The maximum Gasteiger partial charge on any atom is 0.0868 e. The van der Waals surface area contributed by atoms with E-state index in [4.69, 9.17) is 0 Å². The topological polar surface area (TPSA) is 20.2 Å². The van der Waals surface area contributed by atoms with Gasteiger partial charge in [0.25, 0.3) is 0 Å². The summed E-state index contributed by atoms with van der Waals surface area (Å²) in [4.78, 5) is 0. The summed E-state index contributed by atoms with van der Waals surface area (Å²) in [5.41, 5.74) is 2.83. The van der Waals surface area contributed by atoms with E-state index < -0.39 is 5.60 Å². The first-order valence-electron chi connectivity index (χ1n) is 6.91. The normalized spacial score (nSPS) is 14.1. The Labute approximate surface area is 115 Å². The van der Waals surface area contributed by atoms with Gasteiger partial charge in [-0.2, -0.15) is 0 Å². The second kappa shape index (κ2) is 6.03. The summed E-state index contributed by atoms with van der Waals surface area (Å²) in [6.45, 7) is 3.97. The van der Waals surface area contributed by atoms with Gasteiger partial charge < -0.3 is 5.11 Å². The highest BCUT2D eigenvalue weighted by atomic mass is 16.3. The van der Waals surface area contributed by atoms with Crippen LogP contribution in [-0.2, 0) is 12.0 Å². The van der Waals surface area contributed by atoms with Crippen molar-refractivity contribution in [1.29, 1.82) is 0 Å². The van der Waals surface area contributed by atoms with Crippen LogP contribution in [0.4, 0.5) is 0 Å². The van der Waals surface area contributed by atoms with Gasteiger partial charge in [-0.3, -0.25) is 0 Å². The van der Waals surface area contributed by atoms with Crippen molar-refractivity contribution in [3.63, 3.8) is 0 Å². The molecule has 2 aromatic carbocycles. The highest BCUT2D eigenvalue weighted by Gasteiger charge is 2.22. The molecule has 19 heavy (non-hydrogen) atoms. The molecule has 0 aliphatic heterocycles. The number of rotatable bonds is 5. The largest absolute Gasteiger partial charge is 0.385 e. The van der Waals surface area contributed by atoms with Crippen LogP contribution in [0.2, 0.25) is 0 Å². The predicted molar refractivity (Wildman–Crippen MR) is 80.1 cm³/mol. The minimum atomic E-state index is -0.734. The summed E-state index contributed by atoms with van der Waals surface area (Å²) in [6.07, 6.45) is 2.79. The zero-order valence-electron chi connectivity index (χ0n) is 11.8. The van der Waals surface area contributed by atoms with Crippen molar-refractivity contribution in [2.24, 2.45) is 0 Å². The highest BCUT2D eigenvalue weighted by molar-refractivity contribution is 5.26. The Morgan fingerprint density at radius 1 is 0.947 bits per heavy atom. The van der Waals surface area contributed by atoms with Crippen molar-refractivity contribution in [2.75, 3.05) is 0 Å². The Balaban J connectivity index is 1.92. The molecule has 0 aliphatic rings. The standard InChI is InChI=1S/C18H22O/c1-15-10-12-17(13-11-15)18(2,19)14-6-9-16-7-4-3-5-8-16/h3-5,7-8,10-13,19H,6,9,14H2,1-2H3. The Bertz CT molecular complexity index is 497. The first kappa shape index (κ1) is 13.8. The maximum absolute atomic E-state index is 10.6. The summed E-state index contributed by atoms with van der Waals surface area (Å²) in [7, 11) is 0. The van der Waals surface area contributed by atoms with Crippen molar-refractivity contribution in [2.45, 2.75) is 38.7 Å². The smallest absolute Gasteiger partial charge is 0.0868 e. The second-order valence-electron chi connectivity index (χ2n) is 5.48. The molecule has 1 atom stereocenters. The molecule has 0 aromatic heterocycles. The van der Waals surface area contributed by atoms with Crippen LogP contribution in [0.3, 0.4) is 0 Å². The summed E-state index contributed by atoms with van der Waals surface area (Å²) >= 11 is 0. The molecule has 100 valence electrons. The van der Waals surface area contributed by atoms with Gasteiger partial charge in [-0.1, -0.05) is 60.2 Å². The zero-order valence-corrected chi connectivity index (χ0v) is 11.8. The molecule has 2 rings (SSSR count). The average Bonchev–Trinajstić information content (AvgIpc) is 2.40. The van der Waals surface area contributed by atoms with Crippen molar-refractivity contribution < 1.29 is 5.11 Å². The number of aryl methyl sites for hydroxylation is 2. The Morgan fingerprint density at radius 3 is 2.21 bits per heavy atom. The third-order valence-electron chi connectivity index (χ3n) is 3.65. The molecule has 0 radical (unpaired) electrons. The van der Waals surface area contributed by atoms with E-state index in [0.29, 0.717) is 0 Å². The van der Waals surface area contributed by atoms with Crippen molar-refractivity contribution in [3.8, 4) is 0 Å². The molecule has 0 saturated heterocycles. The second-order valence-corrected chi connectivity index (χ2v) is 5.48. The van der Waals surface area contributed by atoms with Gasteiger partial charge >= 0.3 is 0 Å². The average molecular weight is 254 g/mol. The van der Waals surface area contributed by atoms with E-state index in [1.54, 1.807) is 0 Å². The van der Waals surface area contributed by atoms with Gasteiger partial charge in [-0.05, 0) is 44.2 Å². The van der Waals surface area contributed by atoms with Crippen molar-refractivity contribution in [1.82, 2.24) is 0 Å². The van der Waals surface area contributed by atoms with E-state index in [1.807, 2.05) is 25.1 Å². The van der Waals surface area contributed by atoms with Crippen LogP contribution in [0.1, 0.15) is 36.5 Å². The molecule has 0 amide bonds. The number of benzene rings is 2. The molecule has 0 bridgehead atoms. The van der Waals surface area contributed by atoms with Crippen LogP contribution in [-0.4, -0.2) is 5.11 Å². The lowest BCUT2D eigenvalue weighted by Gasteiger charge is -2.24. The van der Waals surface area contributed by atoms with Crippen molar-refractivity contribution in [3.05, 3.63) is 71.3 Å². The third-order valence-corrected chi connectivity index (χ3v) is 3.65. The van der Waals surface area contributed by atoms with Gasteiger partial charge in [0, 0.05) is 0 Å². The van der Waals surface area contributed by atoms with Crippen molar-refractivity contribution >= 4 is 0 Å². The van der Waals surface area contributed by atoms with E-state index in [9.17, 15) is 5.11 Å². The maximum atomic E-state index is 10.6. The molecule has 0 heterocycles. The number of hydrogen-bond donors (Lipinski definition) is 1. The fraction of sp³-hybridized carbons (Fsp3) is 0.333. The van der Waals surface area contributed by atoms with Gasteiger partial charge in [0.2, 0.25) is 0 Å². The molecule has 0 aliphatic carbocycles. The van der Waals surface area contributed by atoms with Crippen LogP contribution in [0, 0.1) is 6.92 Å². The molecule has 1 nitrogen and oxygen atoms in total. The lowest BCUT2D eigenvalue weighted by molar-refractivity contribution is 0.0457. The minimum absolute atomic E-state index is 0.734. The van der Waals surface area contributed by atoms with Gasteiger partial charge in [0.15, 0.2) is 0 Å². The lowest BCUT2D eigenvalue weighted by Crippen LogP contribution is -2.21.